The summed E-state index contributed by atoms with van der Waals surface area (Å²) in [5, 5.41) is 2.65. The summed E-state index contributed by atoms with van der Waals surface area (Å²) in [7, 11) is -3.61. The van der Waals surface area contributed by atoms with Crippen molar-refractivity contribution in [3.8, 4) is 11.3 Å². The molecule has 0 bridgehead atoms. The van der Waals surface area contributed by atoms with Gasteiger partial charge < -0.3 is 9.73 Å². The molecule has 0 aliphatic rings. The maximum atomic E-state index is 13.0. The summed E-state index contributed by atoms with van der Waals surface area (Å²) in [6.45, 7) is 2.12. The first-order chi connectivity index (χ1) is 14.3. The molecule has 0 aliphatic heterocycles. The molecule has 3 rings (SSSR count). The van der Waals surface area contributed by atoms with Crippen molar-refractivity contribution in [2.75, 3.05) is 13.1 Å². The van der Waals surface area contributed by atoms with Crippen LogP contribution in [0.2, 0.25) is 0 Å². The zero-order valence-electron chi connectivity index (χ0n) is 16.4. The Morgan fingerprint density at radius 1 is 1.07 bits per heavy atom. The Morgan fingerprint density at radius 2 is 1.77 bits per heavy atom. The van der Waals surface area contributed by atoms with Gasteiger partial charge in [-0.15, -0.1) is 0 Å². The zero-order valence-corrected chi connectivity index (χ0v) is 17.2. The summed E-state index contributed by atoms with van der Waals surface area (Å²) in [6, 6.07) is 12.4. The average Bonchev–Trinajstić information content (AvgIpc) is 3.20. The molecule has 158 valence electrons. The summed E-state index contributed by atoms with van der Waals surface area (Å²) in [6.07, 6.45) is 1.97. The van der Waals surface area contributed by atoms with E-state index >= 15 is 0 Å². The van der Waals surface area contributed by atoms with E-state index in [1.165, 1.54) is 30.5 Å². The van der Waals surface area contributed by atoms with Crippen molar-refractivity contribution in [3.63, 3.8) is 0 Å². The second-order valence-electron chi connectivity index (χ2n) is 6.69. The highest BCUT2D eigenvalue weighted by Crippen LogP contribution is 2.21. The lowest BCUT2D eigenvalue weighted by molar-refractivity contribution is -0.121. The Labute approximate surface area is 174 Å². The minimum absolute atomic E-state index is 0.0790. The highest BCUT2D eigenvalue weighted by Gasteiger charge is 2.13. The smallest absolute Gasteiger partial charge is 0.240 e. The number of sulfonamides is 1. The maximum Gasteiger partial charge on any atom is 0.240 e. The van der Waals surface area contributed by atoms with Gasteiger partial charge in [-0.2, -0.15) is 0 Å². The summed E-state index contributed by atoms with van der Waals surface area (Å²) >= 11 is 0. The molecule has 0 radical (unpaired) electrons. The normalized spacial score (nSPS) is 11.4. The van der Waals surface area contributed by atoms with Gasteiger partial charge in [0.1, 0.15) is 5.82 Å². The molecular formula is C21H22FN3O4S. The molecule has 0 atom stereocenters. The Bertz CT molecular complexity index is 1090. The van der Waals surface area contributed by atoms with Crippen LogP contribution in [0.4, 0.5) is 4.39 Å². The fourth-order valence-corrected chi connectivity index (χ4v) is 3.70. The van der Waals surface area contributed by atoms with Gasteiger partial charge >= 0.3 is 0 Å². The quantitative estimate of drug-likeness (QED) is 0.508. The SMILES string of the molecule is Cc1ccc(S(=O)(=O)NCCNC(=O)CCc2ncc(-c3ccc(F)cc3)o2)cc1. The second-order valence-corrected chi connectivity index (χ2v) is 8.45. The van der Waals surface area contributed by atoms with Crippen LogP contribution in [0.25, 0.3) is 11.3 Å². The number of hydrogen-bond acceptors (Lipinski definition) is 5. The number of halogens is 1. The molecule has 1 aromatic heterocycles. The maximum absolute atomic E-state index is 13.0. The largest absolute Gasteiger partial charge is 0.441 e. The number of nitrogens with zero attached hydrogens (tertiary/aromatic N) is 1. The van der Waals surface area contributed by atoms with Gasteiger partial charge in [0.2, 0.25) is 15.9 Å². The Morgan fingerprint density at radius 3 is 2.47 bits per heavy atom. The van der Waals surface area contributed by atoms with Gasteiger partial charge in [0.25, 0.3) is 0 Å². The van der Waals surface area contributed by atoms with E-state index in [9.17, 15) is 17.6 Å². The van der Waals surface area contributed by atoms with Crippen molar-refractivity contribution in [2.24, 2.45) is 0 Å². The Kier molecular flexibility index (Phi) is 6.96. The first-order valence-corrected chi connectivity index (χ1v) is 10.9. The molecule has 0 saturated carbocycles. The fraction of sp³-hybridized carbons (Fsp3) is 0.238. The number of nitrogens with one attached hydrogen (secondary N) is 2. The number of amides is 1. The van der Waals surface area contributed by atoms with Crippen LogP contribution in [-0.4, -0.2) is 32.4 Å². The molecule has 0 fully saturated rings. The summed E-state index contributed by atoms with van der Waals surface area (Å²) in [4.78, 5) is 16.3. The van der Waals surface area contributed by atoms with Gasteiger partial charge in [-0.25, -0.2) is 22.5 Å². The van der Waals surface area contributed by atoms with E-state index in [0.29, 0.717) is 23.6 Å². The third kappa shape index (κ3) is 5.98. The van der Waals surface area contributed by atoms with Crippen LogP contribution in [-0.2, 0) is 21.2 Å². The second kappa shape index (κ2) is 9.64. The molecule has 2 aromatic carbocycles. The van der Waals surface area contributed by atoms with E-state index < -0.39 is 10.0 Å². The molecule has 3 aromatic rings. The van der Waals surface area contributed by atoms with Crippen molar-refractivity contribution >= 4 is 15.9 Å². The molecule has 1 amide bonds. The molecule has 0 saturated heterocycles. The van der Waals surface area contributed by atoms with Crippen molar-refractivity contribution in [2.45, 2.75) is 24.7 Å². The number of oxazole rings is 1. The Balaban J connectivity index is 1.40. The first-order valence-electron chi connectivity index (χ1n) is 9.37. The average molecular weight is 431 g/mol. The minimum Gasteiger partial charge on any atom is -0.441 e. The number of benzene rings is 2. The van der Waals surface area contributed by atoms with E-state index in [1.807, 2.05) is 6.92 Å². The summed E-state index contributed by atoms with van der Waals surface area (Å²) in [5.41, 5.74) is 1.66. The topological polar surface area (TPSA) is 101 Å². The third-order valence-corrected chi connectivity index (χ3v) is 5.80. The fourth-order valence-electron chi connectivity index (χ4n) is 2.67. The van der Waals surface area contributed by atoms with Crippen LogP contribution < -0.4 is 10.0 Å². The van der Waals surface area contributed by atoms with Gasteiger partial charge in [-0.1, -0.05) is 17.7 Å². The molecule has 1 heterocycles. The van der Waals surface area contributed by atoms with Gasteiger partial charge in [0, 0.05) is 31.5 Å². The molecule has 0 unspecified atom stereocenters. The van der Waals surface area contributed by atoms with Crippen LogP contribution in [0.3, 0.4) is 0 Å². The molecule has 30 heavy (non-hydrogen) atoms. The van der Waals surface area contributed by atoms with E-state index in [1.54, 1.807) is 24.3 Å². The van der Waals surface area contributed by atoms with E-state index in [0.717, 1.165) is 5.56 Å². The van der Waals surface area contributed by atoms with Crippen LogP contribution in [0, 0.1) is 12.7 Å². The number of hydrogen-bond donors (Lipinski definition) is 2. The van der Waals surface area contributed by atoms with Gasteiger partial charge in [-0.05, 0) is 43.3 Å². The van der Waals surface area contributed by atoms with Gasteiger partial charge in [0.15, 0.2) is 11.7 Å². The Hall–Kier alpha value is -3.04. The third-order valence-electron chi connectivity index (χ3n) is 4.32. The van der Waals surface area contributed by atoms with Crippen molar-refractivity contribution < 1.29 is 22.0 Å². The van der Waals surface area contributed by atoms with Crippen molar-refractivity contribution in [1.82, 2.24) is 15.0 Å². The predicted molar refractivity (Wildman–Crippen MR) is 110 cm³/mol. The van der Waals surface area contributed by atoms with Gasteiger partial charge in [0.05, 0.1) is 11.1 Å². The molecular weight excluding hydrogens is 409 g/mol. The lowest BCUT2D eigenvalue weighted by atomic mass is 10.2. The molecule has 9 heteroatoms. The number of rotatable bonds is 9. The lowest BCUT2D eigenvalue weighted by Crippen LogP contribution is -2.34. The monoisotopic (exact) mass is 431 g/mol. The highest BCUT2D eigenvalue weighted by molar-refractivity contribution is 7.89. The van der Waals surface area contributed by atoms with Crippen molar-refractivity contribution in [3.05, 3.63) is 72.0 Å². The van der Waals surface area contributed by atoms with Gasteiger partial charge in [-0.3, -0.25) is 4.79 Å². The number of aryl methyl sites for hydroxylation is 2. The number of carbonyl (C=O) groups is 1. The summed E-state index contributed by atoms with van der Waals surface area (Å²) < 4.78 is 45.4. The first kappa shape index (κ1) is 21.7. The van der Waals surface area contributed by atoms with E-state index in [2.05, 4.69) is 15.0 Å². The standard InChI is InChI=1S/C21H22FN3O4S/c1-15-2-8-18(9-3-15)30(27,28)25-13-12-23-20(26)10-11-21-24-14-19(29-21)16-4-6-17(22)7-5-16/h2-9,14,25H,10-13H2,1H3,(H,23,26). The zero-order chi connectivity index (χ0) is 21.6. The van der Waals surface area contributed by atoms with Crippen molar-refractivity contribution in [1.29, 1.82) is 0 Å². The van der Waals surface area contributed by atoms with E-state index in [4.69, 9.17) is 4.42 Å². The van der Waals surface area contributed by atoms with Crippen LogP contribution in [0.15, 0.2) is 64.0 Å². The molecule has 7 nitrogen and oxygen atoms in total. The molecule has 0 aliphatic carbocycles. The molecule has 2 N–H and O–H groups in total. The van der Waals surface area contributed by atoms with Crippen LogP contribution >= 0.6 is 0 Å². The van der Waals surface area contributed by atoms with Crippen LogP contribution in [0.5, 0.6) is 0 Å². The van der Waals surface area contributed by atoms with Crippen LogP contribution in [0.1, 0.15) is 17.9 Å². The predicted octanol–water partition coefficient (Wildman–Crippen LogP) is 2.82. The highest BCUT2D eigenvalue weighted by atomic mass is 32.2. The molecule has 0 spiro atoms. The lowest BCUT2D eigenvalue weighted by Gasteiger charge is -2.08. The number of carbonyl (C=O) groups excluding carboxylic acids is 1. The van der Waals surface area contributed by atoms with E-state index in [-0.39, 0.29) is 36.1 Å². The number of aromatic nitrogens is 1. The minimum atomic E-state index is -3.61. The summed E-state index contributed by atoms with van der Waals surface area (Å²) in [5.74, 6) is 0.308.